The highest BCUT2D eigenvalue weighted by atomic mass is 16.2. The van der Waals surface area contributed by atoms with Gasteiger partial charge in [0.15, 0.2) is 0 Å². The van der Waals surface area contributed by atoms with Crippen molar-refractivity contribution in [3.8, 4) is 11.3 Å². The molecule has 32 heavy (non-hydrogen) atoms. The Hall–Kier alpha value is -3.61. The van der Waals surface area contributed by atoms with Crippen molar-refractivity contribution in [1.29, 1.82) is 0 Å². The number of amides is 2. The summed E-state index contributed by atoms with van der Waals surface area (Å²) in [5.41, 5.74) is 4.83. The van der Waals surface area contributed by atoms with Crippen LogP contribution in [0.4, 0.5) is 0 Å². The standard InChI is InChI=1S/C25H27N5O2/c1-18(31)30-13-10-23-22(24(29-17-28-23)20-7-3-2-4-8-20)14-21(16-30)25(32)27-12-9-19-6-5-11-26-15-19/h2-8,11,15,17,21H,9-10,12-14,16H2,1H3,(H,27,32)/t21-/m1/s1. The molecule has 0 fully saturated rings. The van der Waals surface area contributed by atoms with E-state index >= 15 is 0 Å². The van der Waals surface area contributed by atoms with Gasteiger partial charge in [-0.05, 0) is 24.5 Å². The predicted octanol–water partition coefficient (Wildman–Crippen LogP) is 2.46. The molecular formula is C25H27N5O2. The quantitative estimate of drug-likeness (QED) is 0.673. The molecule has 3 heterocycles. The molecular weight excluding hydrogens is 402 g/mol. The van der Waals surface area contributed by atoms with Crippen LogP contribution in [0.5, 0.6) is 0 Å². The summed E-state index contributed by atoms with van der Waals surface area (Å²) < 4.78 is 0. The fourth-order valence-corrected chi connectivity index (χ4v) is 4.11. The summed E-state index contributed by atoms with van der Waals surface area (Å²) in [5.74, 6) is -0.463. The minimum atomic E-state index is -0.375. The number of pyridine rings is 1. The van der Waals surface area contributed by atoms with Crippen LogP contribution in [0.2, 0.25) is 0 Å². The first kappa shape index (κ1) is 21.6. The third kappa shape index (κ3) is 5.17. The van der Waals surface area contributed by atoms with Crippen LogP contribution in [-0.4, -0.2) is 51.3 Å². The monoisotopic (exact) mass is 429 g/mol. The second-order valence-corrected chi connectivity index (χ2v) is 8.03. The maximum Gasteiger partial charge on any atom is 0.225 e. The first-order valence-electron chi connectivity index (χ1n) is 10.9. The Bertz CT molecular complexity index is 1070. The van der Waals surface area contributed by atoms with Crippen molar-refractivity contribution in [2.75, 3.05) is 19.6 Å². The van der Waals surface area contributed by atoms with Crippen LogP contribution in [0.25, 0.3) is 11.3 Å². The molecule has 4 rings (SSSR count). The van der Waals surface area contributed by atoms with E-state index in [4.69, 9.17) is 0 Å². The van der Waals surface area contributed by atoms with Crippen molar-refractivity contribution < 1.29 is 9.59 Å². The van der Waals surface area contributed by atoms with E-state index in [-0.39, 0.29) is 17.7 Å². The molecule has 7 nitrogen and oxygen atoms in total. The number of carbonyl (C=O) groups excluding carboxylic acids is 2. The predicted molar refractivity (Wildman–Crippen MR) is 122 cm³/mol. The number of rotatable bonds is 5. The van der Waals surface area contributed by atoms with E-state index in [2.05, 4.69) is 20.3 Å². The first-order valence-corrected chi connectivity index (χ1v) is 10.9. The summed E-state index contributed by atoms with van der Waals surface area (Å²) in [6, 6.07) is 13.8. The molecule has 0 spiro atoms. The van der Waals surface area contributed by atoms with Gasteiger partial charge < -0.3 is 10.2 Å². The normalized spacial score (nSPS) is 15.9. The van der Waals surface area contributed by atoms with E-state index in [1.807, 2.05) is 42.5 Å². The highest BCUT2D eigenvalue weighted by Gasteiger charge is 2.29. The number of aromatic nitrogens is 3. The highest BCUT2D eigenvalue weighted by molar-refractivity contribution is 5.81. The zero-order valence-electron chi connectivity index (χ0n) is 18.2. The van der Waals surface area contributed by atoms with Gasteiger partial charge in [-0.1, -0.05) is 36.4 Å². The van der Waals surface area contributed by atoms with E-state index in [1.165, 1.54) is 0 Å². The zero-order chi connectivity index (χ0) is 22.3. The molecule has 2 amide bonds. The van der Waals surface area contributed by atoms with E-state index in [9.17, 15) is 9.59 Å². The average molecular weight is 430 g/mol. The maximum absolute atomic E-state index is 13.2. The molecule has 1 atom stereocenters. The SMILES string of the molecule is CC(=O)N1CCc2ncnc(-c3ccccc3)c2C[C@@H](C(=O)NCCc2cccnc2)C1. The minimum Gasteiger partial charge on any atom is -0.355 e. The molecule has 3 aromatic rings. The molecule has 0 bridgehead atoms. The van der Waals surface area contributed by atoms with Crippen LogP contribution in [-0.2, 0) is 28.9 Å². The Kier molecular flexibility index (Phi) is 6.84. The number of carbonyl (C=O) groups is 2. The lowest BCUT2D eigenvalue weighted by molar-refractivity contribution is -0.132. The van der Waals surface area contributed by atoms with Crippen molar-refractivity contribution >= 4 is 11.8 Å². The molecule has 0 radical (unpaired) electrons. The third-order valence-corrected chi connectivity index (χ3v) is 5.84. The molecule has 7 heteroatoms. The van der Waals surface area contributed by atoms with E-state index in [0.29, 0.717) is 38.9 Å². The third-order valence-electron chi connectivity index (χ3n) is 5.84. The molecule has 164 valence electrons. The lowest BCUT2D eigenvalue weighted by Gasteiger charge is -2.30. The summed E-state index contributed by atoms with van der Waals surface area (Å²) in [7, 11) is 0. The molecule has 1 N–H and O–H groups in total. The van der Waals surface area contributed by atoms with Crippen molar-refractivity contribution in [3.05, 3.63) is 78.0 Å². The second-order valence-electron chi connectivity index (χ2n) is 8.03. The van der Waals surface area contributed by atoms with E-state index in [1.54, 1.807) is 30.5 Å². The van der Waals surface area contributed by atoms with E-state index < -0.39 is 0 Å². The molecule has 1 aliphatic heterocycles. The van der Waals surface area contributed by atoms with Gasteiger partial charge in [-0.15, -0.1) is 0 Å². The average Bonchev–Trinajstić information content (AvgIpc) is 2.80. The minimum absolute atomic E-state index is 0.0288. The molecule has 0 unspecified atom stereocenters. The van der Waals surface area contributed by atoms with Gasteiger partial charge in [0.25, 0.3) is 0 Å². The lowest BCUT2D eigenvalue weighted by Crippen LogP contribution is -2.44. The van der Waals surface area contributed by atoms with Gasteiger partial charge in [0.1, 0.15) is 6.33 Å². The number of hydrogen-bond acceptors (Lipinski definition) is 5. The summed E-state index contributed by atoms with van der Waals surface area (Å²) in [5, 5.41) is 3.05. The Morgan fingerprint density at radius 1 is 1.12 bits per heavy atom. The summed E-state index contributed by atoms with van der Waals surface area (Å²) in [6.07, 6.45) is 6.95. The number of benzene rings is 1. The molecule has 0 saturated carbocycles. The Morgan fingerprint density at radius 2 is 1.97 bits per heavy atom. The van der Waals surface area contributed by atoms with Crippen LogP contribution in [0.15, 0.2) is 61.2 Å². The van der Waals surface area contributed by atoms with Gasteiger partial charge in [0.2, 0.25) is 11.8 Å². The maximum atomic E-state index is 13.2. The zero-order valence-corrected chi connectivity index (χ0v) is 18.2. The van der Waals surface area contributed by atoms with Gasteiger partial charge in [-0.3, -0.25) is 14.6 Å². The largest absolute Gasteiger partial charge is 0.355 e. The highest BCUT2D eigenvalue weighted by Crippen LogP contribution is 2.27. The lowest BCUT2D eigenvalue weighted by atomic mass is 9.90. The number of hydrogen-bond donors (Lipinski definition) is 1. The first-order chi connectivity index (χ1) is 15.6. The Labute approximate surface area is 187 Å². The molecule has 1 aromatic carbocycles. The Balaban J connectivity index is 1.57. The van der Waals surface area contributed by atoms with Crippen LogP contribution in [0.1, 0.15) is 23.7 Å². The summed E-state index contributed by atoms with van der Waals surface area (Å²) in [4.78, 5) is 40.3. The van der Waals surface area contributed by atoms with Crippen molar-refractivity contribution in [1.82, 2.24) is 25.2 Å². The van der Waals surface area contributed by atoms with E-state index in [0.717, 1.165) is 28.1 Å². The van der Waals surface area contributed by atoms with Crippen molar-refractivity contribution in [2.45, 2.75) is 26.2 Å². The van der Waals surface area contributed by atoms with Gasteiger partial charge in [0, 0.05) is 62.2 Å². The van der Waals surface area contributed by atoms with Gasteiger partial charge in [-0.2, -0.15) is 0 Å². The van der Waals surface area contributed by atoms with Gasteiger partial charge in [0.05, 0.1) is 11.6 Å². The smallest absolute Gasteiger partial charge is 0.225 e. The topological polar surface area (TPSA) is 88.1 Å². The van der Waals surface area contributed by atoms with Crippen LogP contribution < -0.4 is 5.32 Å². The van der Waals surface area contributed by atoms with Crippen LogP contribution >= 0.6 is 0 Å². The second kappa shape index (κ2) is 10.1. The molecule has 0 saturated heterocycles. The molecule has 0 aliphatic carbocycles. The summed E-state index contributed by atoms with van der Waals surface area (Å²) in [6.45, 7) is 2.99. The molecule has 1 aliphatic rings. The molecule has 2 aromatic heterocycles. The van der Waals surface area contributed by atoms with Gasteiger partial charge >= 0.3 is 0 Å². The number of fused-ring (bicyclic) bond motifs is 1. The van der Waals surface area contributed by atoms with Crippen molar-refractivity contribution in [3.63, 3.8) is 0 Å². The van der Waals surface area contributed by atoms with Crippen LogP contribution in [0, 0.1) is 5.92 Å². The number of nitrogens with zero attached hydrogens (tertiary/aromatic N) is 4. The van der Waals surface area contributed by atoms with Gasteiger partial charge in [-0.25, -0.2) is 9.97 Å². The number of nitrogens with one attached hydrogen (secondary N) is 1. The Morgan fingerprint density at radius 3 is 2.72 bits per heavy atom. The summed E-state index contributed by atoms with van der Waals surface area (Å²) >= 11 is 0. The fraction of sp³-hybridized carbons (Fsp3) is 0.320. The fourth-order valence-electron chi connectivity index (χ4n) is 4.11. The van der Waals surface area contributed by atoms with Crippen LogP contribution in [0.3, 0.4) is 0 Å². The van der Waals surface area contributed by atoms with Crippen molar-refractivity contribution in [2.24, 2.45) is 5.92 Å².